The Hall–Kier alpha value is -2.83. The zero-order chi connectivity index (χ0) is 24.6. The highest BCUT2D eigenvalue weighted by Gasteiger charge is 2.26. The smallest absolute Gasteiger partial charge is 0.273 e. The first-order valence-corrected chi connectivity index (χ1v) is 12.7. The van der Waals surface area contributed by atoms with Crippen molar-refractivity contribution in [3.8, 4) is 6.07 Å². The van der Waals surface area contributed by atoms with Crippen LogP contribution in [0.5, 0.6) is 0 Å². The Kier molecular flexibility index (Phi) is 9.50. The summed E-state index contributed by atoms with van der Waals surface area (Å²) in [5.74, 6) is -0.367. The molecule has 0 saturated heterocycles. The van der Waals surface area contributed by atoms with E-state index in [1.165, 1.54) is 12.1 Å². The molecule has 33 heavy (non-hydrogen) atoms. The fourth-order valence-electron chi connectivity index (χ4n) is 3.13. The van der Waals surface area contributed by atoms with E-state index in [4.69, 9.17) is 16.9 Å². The summed E-state index contributed by atoms with van der Waals surface area (Å²) in [5, 5.41) is 8.75. The minimum Gasteiger partial charge on any atom is -0.289 e. The number of carbonyl (C=O) groups is 1. The minimum absolute atomic E-state index is 0.0625. The number of aliphatic imine (C=N–C) groups is 1. The number of amides is 1. The molecule has 2 aromatic rings. The second-order valence-corrected chi connectivity index (χ2v) is 10.2. The number of carbonyl (C=O) groups excluding carboxylic acids is 1. The van der Waals surface area contributed by atoms with Gasteiger partial charge < -0.3 is 0 Å². The fourth-order valence-corrected chi connectivity index (χ4v) is 4.14. The zero-order valence-electron chi connectivity index (χ0n) is 19.2. The van der Waals surface area contributed by atoms with E-state index < -0.39 is 15.6 Å². The molecule has 0 atom stereocenters. The fraction of sp³-hybridized carbons (Fsp3) is 0.435. The van der Waals surface area contributed by atoms with Crippen LogP contribution in [0.15, 0.2) is 40.4 Å². The topological polar surface area (TPSA) is 116 Å². The van der Waals surface area contributed by atoms with E-state index in [0.29, 0.717) is 18.0 Å². The second-order valence-electron chi connectivity index (χ2n) is 7.84. The molecule has 1 heterocycles. The molecule has 0 bridgehead atoms. The van der Waals surface area contributed by atoms with E-state index in [-0.39, 0.29) is 28.7 Å². The second kappa shape index (κ2) is 11.9. The Bertz CT molecular complexity index is 1160. The van der Waals surface area contributed by atoms with Crippen LogP contribution in [0.3, 0.4) is 0 Å². The first-order valence-electron chi connectivity index (χ1n) is 10.6. The summed E-state index contributed by atoms with van der Waals surface area (Å²) in [4.78, 5) is 28.0. The first kappa shape index (κ1) is 26.4. The van der Waals surface area contributed by atoms with Crippen LogP contribution < -0.4 is 4.90 Å². The maximum atomic E-state index is 13.5. The van der Waals surface area contributed by atoms with Crippen molar-refractivity contribution in [3.05, 3.63) is 46.9 Å². The molecule has 0 spiro atoms. The number of benzene rings is 1. The van der Waals surface area contributed by atoms with Gasteiger partial charge in [-0.3, -0.25) is 14.7 Å². The molecule has 1 aromatic heterocycles. The molecule has 0 unspecified atom stereocenters. The van der Waals surface area contributed by atoms with Crippen molar-refractivity contribution >= 4 is 38.9 Å². The van der Waals surface area contributed by atoms with E-state index in [9.17, 15) is 13.2 Å². The van der Waals surface area contributed by atoms with Crippen molar-refractivity contribution < 1.29 is 13.2 Å². The molecule has 10 heteroatoms. The van der Waals surface area contributed by atoms with Crippen molar-refractivity contribution in [2.24, 2.45) is 4.99 Å². The van der Waals surface area contributed by atoms with E-state index in [1.807, 2.05) is 27.7 Å². The molecule has 0 aliphatic heterocycles. The SMILES string of the molecule is CCCCC(=NCc1ccc(S(=O)(=O)CC#N)cc1)C(=O)N(c1nc(Cl)ncc1C)C(C)C. The lowest BCUT2D eigenvalue weighted by Crippen LogP contribution is -2.42. The standard InChI is InChI=1S/C23H28ClN5O3S/c1-5-6-7-20(22(30)29(16(2)3)21-17(4)14-27-23(24)28-21)26-15-18-8-10-19(11-9-18)33(31,32)13-12-25/h8-11,14,16H,5-7,13,15H2,1-4H3. The molecule has 1 amide bonds. The Morgan fingerprint density at radius 3 is 2.52 bits per heavy atom. The highest BCUT2D eigenvalue weighted by molar-refractivity contribution is 7.91. The predicted molar refractivity (Wildman–Crippen MR) is 129 cm³/mol. The van der Waals surface area contributed by atoms with Crippen molar-refractivity contribution in [1.29, 1.82) is 5.26 Å². The van der Waals surface area contributed by atoms with Crippen LogP contribution in [0.4, 0.5) is 5.82 Å². The van der Waals surface area contributed by atoms with Crippen LogP contribution in [-0.4, -0.2) is 41.8 Å². The number of halogens is 1. The largest absolute Gasteiger partial charge is 0.289 e. The predicted octanol–water partition coefficient (Wildman–Crippen LogP) is 4.31. The van der Waals surface area contributed by atoms with Gasteiger partial charge in [0.25, 0.3) is 5.91 Å². The van der Waals surface area contributed by atoms with Crippen LogP contribution in [0, 0.1) is 18.3 Å². The summed E-state index contributed by atoms with van der Waals surface area (Å²) in [7, 11) is -3.62. The number of anilines is 1. The molecule has 0 fully saturated rings. The van der Waals surface area contributed by atoms with Gasteiger partial charge in [0, 0.05) is 17.8 Å². The number of sulfone groups is 1. The number of nitriles is 1. The van der Waals surface area contributed by atoms with Crippen molar-refractivity contribution in [3.63, 3.8) is 0 Å². The lowest BCUT2D eigenvalue weighted by atomic mass is 10.1. The third kappa shape index (κ3) is 7.07. The number of unbranched alkanes of at least 4 members (excludes halogenated alkanes) is 1. The van der Waals surface area contributed by atoms with Crippen LogP contribution >= 0.6 is 11.6 Å². The average molecular weight is 490 g/mol. The molecule has 0 radical (unpaired) electrons. The van der Waals surface area contributed by atoms with Gasteiger partial charge in [-0.2, -0.15) is 10.2 Å². The van der Waals surface area contributed by atoms with Gasteiger partial charge >= 0.3 is 0 Å². The van der Waals surface area contributed by atoms with Gasteiger partial charge in [0.05, 0.1) is 17.5 Å². The molecular weight excluding hydrogens is 462 g/mol. The molecular formula is C23H28ClN5O3S. The van der Waals surface area contributed by atoms with Crippen LogP contribution in [0.2, 0.25) is 5.28 Å². The van der Waals surface area contributed by atoms with Gasteiger partial charge in [-0.15, -0.1) is 0 Å². The van der Waals surface area contributed by atoms with Crippen molar-refractivity contribution in [1.82, 2.24) is 9.97 Å². The van der Waals surface area contributed by atoms with E-state index >= 15 is 0 Å². The highest BCUT2D eigenvalue weighted by Crippen LogP contribution is 2.22. The van der Waals surface area contributed by atoms with E-state index in [2.05, 4.69) is 15.0 Å². The van der Waals surface area contributed by atoms with E-state index in [0.717, 1.165) is 24.0 Å². The van der Waals surface area contributed by atoms with Gasteiger partial charge in [-0.25, -0.2) is 13.4 Å². The summed E-state index contributed by atoms with van der Waals surface area (Å²) in [6.45, 7) is 7.87. The maximum absolute atomic E-state index is 13.5. The molecule has 0 aliphatic rings. The van der Waals surface area contributed by atoms with Crippen LogP contribution in [-0.2, 0) is 21.2 Å². The summed E-state index contributed by atoms with van der Waals surface area (Å²) >= 11 is 5.99. The van der Waals surface area contributed by atoms with Gasteiger partial charge in [-0.05, 0) is 62.9 Å². The monoisotopic (exact) mass is 489 g/mol. The number of hydrogen-bond donors (Lipinski definition) is 0. The van der Waals surface area contributed by atoms with Crippen LogP contribution in [0.1, 0.15) is 51.2 Å². The Morgan fingerprint density at radius 1 is 1.27 bits per heavy atom. The van der Waals surface area contributed by atoms with Gasteiger partial charge in [0.2, 0.25) is 5.28 Å². The number of hydrogen-bond acceptors (Lipinski definition) is 7. The summed E-state index contributed by atoms with van der Waals surface area (Å²) in [6.07, 6.45) is 3.78. The van der Waals surface area contributed by atoms with Gasteiger partial charge in [-0.1, -0.05) is 25.5 Å². The quantitative estimate of drug-likeness (QED) is 0.362. The number of aryl methyl sites for hydroxylation is 1. The Morgan fingerprint density at radius 2 is 1.94 bits per heavy atom. The Balaban J connectivity index is 2.34. The third-order valence-electron chi connectivity index (χ3n) is 4.88. The normalized spacial score (nSPS) is 12.0. The number of nitrogens with zero attached hydrogens (tertiary/aromatic N) is 5. The van der Waals surface area contributed by atoms with Gasteiger partial charge in [0.15, 0.2) is 9.84 Å². The molecule has 2 rings (SSSR count). The van der Waals surface area contributed by atoms with Gasteiger partial charge in [0.1, 0.15) is 17.3 Å². The average Bonchev–Trinajstić information content (AvgIpc) is 2.76. The lowest BCUT2D eigenvalue weighted by Gasteiger charge is -2.27. The first-order chi connectivity index (χ1) is 15.6. The maximum Gasteiger partial charge on any atom is 0.273 e. The molecule has 176 valence electrons. The summed E-state index contributed by atoms with van der Waals surface area (Å²) in [6, 6.07) is 7.68. The van der Waals surface area contributed by atoms with Crippen molar-refractivity contribution in [2.45, 2.75) is 64.4 Å². The minimum atomic E-state index is -3.62. The molecule has 0 N–H and O–H groups in total. The van der Waals surface area contributed by atoms with E-state index in [1.54, 1.807) is 29.3 Å². The highest BCUT2D eigenvalue weighted by atomic mass is 35.5. The zero-order valence-corrected chi connectivity index (χ0v) is 20.8. The molecule has 1 aromatic carbocycles. The molecule has 0 saturated carbocycles. The summed E-state index contributed by atoms with van der Waals surface area (Å²) < 4.78 is 24.0. The molecule has 8 nitrogen and oxygen atoms in total. The van der Waals surface area contributed by atoms with Crippen LogP contribution in [0.25, 0.3) is 0 Å². The number of rotatable bonds is 10. The van der Waals surface area contributed by atoms with Crippen molar-refractivity contribution in [2.75, 3.05) is 10.7 Å². The number of aromatic nitrogens is 2. The third-order valence-corrected chi connectivity index (χ3v) is 6.56. The Labute approximate surface area is 200 Å². The summed E-state index contributed by atoms with van der Waals surface area (Å²) in [5.41, 5.74) is 1.90. The lowest BCUT2D eigenvalue weighted by molar-refractivity contribution is -0.113. The molecule has 0 aliphatic carbocycles.